The molecular formula is C28H31Cl2N3O6S. The Hall–Kier alpha value is -3.47. The lowest BCUT2D eigenvalue weighted by Crippen LogP contribution is -2.51. The van der Waals surface area contributed by atoms with Crippen LogP contribution >= 0.6 is 23.2 Å². The Kier molecular flexibility index (Phi) is 10.7. The van der Waals surface area contributed by atoms with Crippen molar-refractivity contribution in [2.45, 2.75) is 30.8 Å². The molecule has 1 N–H and O–H groups in total. The van der Waals surface area contributed by atoms with Gasteiger partial charge in [0.1, 0.15) is 24.1 Å². The van der Waals surface area contributed by atoms with Gasteiger partial charge < -0.3 is 19.7 Å². The smallest absolute Gasteiger partial charge is 0.264 e. The molecule has 0 heterocycles. The topological polar surface area (TPSA) is 105 Å². The van der Waals surface area contributed by atoms with Crippen LogP contribution in [0.25, 0.3) is 0 Å². The van der Waals surface area contributed by atoms with Crippen molar-refractivity contribution in [3.63, 3.8) is 0 Å². The van der Waals surface area contributed by atoms with Gasteiger partial charge in [-0.25, -0.2) is 8.42 Å². The summed E-state index contributed by atoms with van der Waals surface area (Å²) in [5.74, 6) is -0.472. The first-order valence-electron chi connectivity index (χ1n) is 12.3. The summed E-state index contributed by atoms with van der Waals surface area (Å²) in [5, 5.41) is 3.30. The predicted octanol–water partition coefficient (Wildman–Crippen LogP) is 4.76. The number of sulfonamides is 1. The van der Waals surface area contributed by atoms with Gasteiger partial charge >= 0.3 is 0 Å². The number of nitrogens with zero attached hydrogens (tertiary/aromatic N) is 2. The highest BCUT2D eigenvalue weighted by Gasteiger charge is 2.35. The molecule has 40 heavy (non-hydrogen) atoms. The maximum absolute atomic E-state index is 14.1. The third-order valence-corrected chi connectivity index (χ3v) is 8.61. The Morgan fingerprint density at radius 3 is 2.25 bits per heavy atom. The number of likely N-dealkylation sites (N-methyl/N-ethyl adjacent to an activating group) is 1. The molecule has 9 nitrogen and oxygen atoms in total. The zero-order chi connectivity index (χ0) is 29.4. The van der Waals surface area contributed by atoms with Gasteiger partial charge in [-0.3, -0.25) is 13.9 Å². The van der Waals surface area contributed by atoms with E-state index in [1.165, 1.54) is 50.4 Å². The van der Waals surface area contributed by atoms with E-state index in [1.54, 1.807) is 49.4 Å². The van der Waals surface area contributed by atoms with E-state index in [0.717, 1.165) is 4.31 Å². The van der Waals surface area contributed by atoms with Gasteiger partial charge in [0.2, 0.25) is 11.8 Å². The fourth-order valence-electron chi connectivity index (χ4n) is 4.14. The Labute approximate surface area is 244 Å². The Morgan fingerprint density at radius 2 is 1.68 bits per heavy atom. The summed E-state index contributed by atoms with van der Waals surface area (Å²) < 4.78 is 39.7. The molecular weight excluding hydrogens is 577 g/mol. The second-order valence-corrected chi connectivity index (χ2v) is 11.4. The van der Waals surface area contributed by atoms with Crippen LogP contribution in [-0.2, 0) is 26.2 Å². The fraction of sp³-hybridized carbons (Fsp3) is 0.286. The van der Waals surface area contributed by atoms with Crippen LogP contribution in [0, 0.1) is 0 Å². The van der Waals surface area contributed by atoms with Gasteiger partial charge in [0, 0.05) is 29.7 Å². The minimum atomic E-state index is -4.28. The van der Waals surface area contributed by atoms with Crippen LogP contribution in [0.15, 0.2) is 71.6 Å². The summed E-state index contributed by atoms with van der Waals surface area (Å²) in [6.45, 7) is 1.06. The summed E-state index contributed by atoms with van der Waals surface area (Å²) in [6.07, 6.45) is 0.268. The van der Waals surface area contributed by atoms with Crippen molar-refractivity contribution in [3.8, 4) is 11.5 Å². The molecule has 12 heteroatoms. The number of amides is 2. The minimum Gasteiger partial charge on any atom is -0.497 e. The van der Waals surface area contributed by atoms with E-state index in [2.05, 4.69) is 5.32 Å². The van der Waals surface area contributed by atoms with E-state index >= 15 is 0 Å². The predicted molar refractivity (Wildman–Crippen MR) is 156 cm³/mol. The molecule has 0 bridgehead atoms. The average Bonchev–Trinajstić information content (AvgIpc) is 2.96. The molecule has 0 aliphatic carbocycles. The lowest BCUT2D eigenvalue weighted by Gasteiger charge is -2.33. The number of nitrogens with one attached hydrogen (secondary N) is 1. The molecule has 214 valence electrons. The van der Waals surface area contributed by atoms with Crippen molar-refractivity contribution in [1.82, 2.24) is 10.2 Å². The molecule has 0 saturated carbocycles. The first-order chi connectivity index (χ1) is 19.1. The number of benzene rings is 3. The molecule has 0 aromatic heterocycles. The third-order valence-electron chi connectivity index (χ3n) is 6.25. The quantitative estimate of drug-likeness (QED) is 0.318. The number of methoxy groups -OCH3 is 2. The van der Waals surface area contributed by atoms with Gasteiger partial charge in [0.15, 0.2) is 0 Å². The molecule has 3 aromatic rings. The van der Waals surface area contributed by atoms with E-state index in [1.807, 2.05) is 0 Å². The van der Waals surface area contributed by atoms with Crippen LogP contribution in [0.3, 0.4) is 0 Å². The van der Waals surface area contributed by atoms with E-state index in [9.17, 15) is 18.0 Å². The number of carbonyl (C=O) groups excluding carboxylic acids is 2. The van der Waals surface area contributed by atoms with Gasteiger partial charge in [0.25, 0.3) is 10.0 Å². The number of hydrogen-bond donors (Lipinski definition) is 1. The molecule has 0 aliphatic rings. The number of halogens is 2. The Balaban J connectivity index is 2.16. The highest BCUT2D eigenvalue weighted by Crippen LogP contribution is 2.36. The van der Waals surface area contributed by atoms with E-state index in [-0.39, 0.29) is 29.3 Å². The van der Waals surface area contributed by atoms with Gasteiger partial charge in [-0.05, 0) is 48.4 Å². The highest BCUT2D eigenvalue weighted by molar-refractivity contribution is 7.92. The number of hydrogen-bond acceptors (Lipinski definition) is 6. The molecule has 0 fully saturated rings. The number of rotatable bonds is 12. The zero-order valence-corrected chi connectivity index (χ0v) is 24.9. The van der Waals surface area contributed by atoms with E-state index < -0.39 is 34.4 Å². The van der Waals surface area contributed by atoms with Crippen molar-refractivity contribution in [1.29, 1.82) is 0 Å². The summed E-state index contributed by atoms with van der Waals surface area (Å²) in [5.41, 5.74) is 0.634. The summed E-state index contributed by atoms with van der Waals surface area (Å²) in [6, 6.07) is 16.3. The first kappa shape index (κ1) is 31.1. The average molecular weight is 609 g/mol. The summed E-state index contributed by atoms with van der Waals surface area (Å²) in [4.78, 5) is 28.2. The number of carbonyl (C=O) groups is 2. The van der Waals surface area contributed by atoms with Crippen LogP contribution < -0.4 is 19.1 Å². The van der Waals surface area contributed by atoms with Crippen molar-refractivity contribution >= 4 is 50.7 Å². The number of ether oxygens (including phenoxy) is 2. The minimum absolute atomic E-state index is 0.0293. The molecule has 3 aromatic carbocycles. The summed E-state index contributed by atoms with van der Waals surface area (Å²) >= 11 is 12.5. The normalized spacial score (nSPS) is 11.8. The molecule has 3 rings (SSSR count). The fourth-order valence-corrected chi connectivity index (χ4v) is 6.05. The maximum atomic E-state index is 14.1. The Morgan fingerprint density at radius 1 is 0.975 bits per heavy atom. The molecule has 0 unspecified atom stereocenters. The van der Waals surface area contributed by atoms with Crippen molar-refractivity contribution < 1.29 is 27.5 Å². The largest absolute Gasteiger partial charge is 0.497 e. The van der Waals surface area contributed by atoms with Gasteiger partial charge in [-0.15, -0.1) is 0 Å². The van der Waals surface area contributed by atoms with Crippen molar-refractivity contribution in [3.05, 3.63) is 82.3 Å². The zero-order valence-electron chi connectivity index (χ0n) is 22.6. The van der Waals surface area contributed by atoms with E-state index in [4.69, 9.17) is 32.7 Å². The number of anilines is 1. The molecule has 0 radical (unpaired) electrons. The van der Waals surface area contributed by atoms with Crippen molar-refractivity contribution in [2.75, 3.05) is 32.1 Å². The van der Waals surface area contributed by atoms with Gasteiger partial charge in [0.05, 0.1) is 24.8 Å². The SMILES string of the molecule is CC[C@@H](C(=O)NC)N(Cc1ccc(Cl)cc1Cl)C(=O)CN(c1cc(OC)ccc1OC)S(=O)(=O)c1ccccc1. The van der Waals surface area contributed by atoms with Crippen LogP contribution in [0.4, 0.5) is 5.69 Å². The first-order valence-corrected chi connectivity index (χ1v) is 14.5. The maximum Gasteiger partial charge on any atom is 0.264 e. The molecule has 1 atom stereocenters. The van der Waals surface area contributed by atoms with Crippen LogP contribution in [0.5, 0.6) is 11.5 Å². The van der Waals surface area contributed by atoms with E-state index in [0.29, 0.717) is 21.4 Å². The monoisotopic (exact) mass is 607 g/mol. The van der Waals surface area contributed by atoms with Crippen molar-refractivity contribution in [2.24, 2.45) is 0 Å². The second kappa shape index (κ2) is 13.7. The van der Waals surface area contributed by atoms with Gasteiger partial charge in [-0.2, -0.15) is 0 Å². The molecule has 0 saturated heterocycles. The Bertz CT molecular complexity index is 1450. The van der Waals surface area contributed by atoms with Crippen LogP contribution in [0.1, 0.15) is 18.9 Å². The van der Waals surface area contributed by atoms with Crippen LogP contribution in [-0.4, -0.2) is 59.0 Å². The third kappa shape index (κ3) is 6.99. The molecule has 0 spiro atoms. The lowest BCUT2D eigenvalue weighted by atomic mass is 10.1. The lowest BCUT2D eigenvalue weighted by molar-refractivity contribution is -0.140. The summed E-state index contributed by atoms with van der Waals surface area (Å²) in [7, 11) is 0.0303. The second-order valence-electron chi connectivity index (χ2n) is 8.66. The molecule has 2 amide bonds. The highest BCUT2D eigenvalue weighted by atomic mass is 35.5. The van der Waals surface area contributed by atoms with Crippen LogP contribution in [0.2, 0.25) is 10.0 Å². The van der Waals surface area contributed by atoms with Gasteiger partial charge in [-0.1, -0.05) is 54.4 Å². The molecule has 0 aliphatic heterocycles. The standard InChI is InChI=1S/C28H31Cl2N3O6S/c1-5-24(28(35)31-2)32(17-19-11-12-20(29)15-23(19)30)27(34)18-33(40(36,37)22-9-7-6-8-10-22)25-16-21(38-3)13-14-26(25)39-4/h6-16,24H,5,17-18H2,1-4H3,(H,31,35)/t24-/m0/s1.